The predicted molar refractivity (Wildman–Crippen MR) is 106 cm³/mol. The van der Waals surface area contributed by atoms with Crippen LogP contribution in [-0.4, -0.2) is 45.4 Å². The number of allylic oxidation sites excluding steroid dienone is 3. The molecule has 0 bridgehead atoms. The number of carbonyl (C=O) groups excluding carboxylic acids is 1. The SMILES string of the molecule is O=C(OCC[NH+]1CCOCC1)c1ccc2c3c4c(ccc13)C=CCC4=CC2. The van der Waals surface area contributed by atoms with Crippen LogP contribution in [0.1, 0.15) is 33.5 Å². The van der Waals surface area contributed by atoms with Gasteiger partial charge in [-0.25, -0.2) is 4.79 Å². The molecule has 2 aromatic rings. The van der Waals surface area contributed by atoms with E-state index < -0.39 is 0 Å². The maximum absolute atomic E-state index is 12.8. The highest BCUT2D eigenvalue weighted by Crippen LogP contribution is 2.41. The predicted octanol–water partition coefficient (Wildman–Crippen LogP) is 2.27. The minimum Gasteiger partial charge on any atom is -0.456 e. The van der Waals surface area contributed by atoms with Gasteiger partial charge in [0.25, 0.3) is 0 Å². The van der Waals surface area contributed by atoms with Gasteiger partial charge in [-0.05, 0) is 51.9 Å². The molecule has 1 N–H and O–H groups in total. The van der Waals surface area contributed by atoms with Gasteiger partial charge in [0.1, 0.15) is 26.2 Å². The van der Waals surface area contributed by atoms with Gasteiger partial charge in [-0.15, -0.1) is 0 Å². The molecule has 0 atom stereocenters. The number of quaternary nitrogens is 1. The highest BCUT2D eigenvalue weighted by atomic mass is 16.5. The summed E-state index contributed by atoms with van der Waals surface area (Å²) in [5, 5.41) is 2.26. The van der Waals surface area contributed by atoms with Gasteiger partial charge in [0.15, 0.2) is 0 Å². The number of nitrogens with one attached hydrogen (secondary N) is 1. The van der Waals surface area contributed by atoms with Crippen molar-refractivity contribution in [2.75, 3.05) is 39.5 Å². The lowest BCUT2D eigenvalue weighted by Crippen LogP contribution is -3.14. The van der Waals surface area contributed by atoms with Gasteiger partial charge in [-0.3, -0.25) is 0 Å². The molecule has 4 nitrogen and oxygen atoms in total. The Bertz CT molecular complexity index is 967. The summed E-state index contributed by atoms with van der Waals surface area (Å²) in [5.41, 5.74) is 5.93. The fourth-order valence-electron chi connectivity index (χ4n) is 4.48. The van der Waals surface area contributed by atoms with Crippen LogP contribution in [0.4, 0.5) is 0 Å². The summed E-state index contributed by atoms with van der Waals surface area (Å²) in [7, 11) is 0. The van der Waals surface area contributed by atoms with Gasteiger partial charge >= 0.3 is 5.97 Å². The van der Waals surface area contributed by atoms with E-state index in [1.54, 1.807) is 0 Å². The number of carbonyl (C=O) groups is 1. The molecular formula is C23H24NO3+. The van der Waals surface area contributed by atoms with Crippen LogP contribution in [0.15, 0.2) is 36.4 Å². The zero-order valence-electron chi connectivity index (χ0n) is 15.4. The summed E-state index contributed by atoms with van der Waals surface area (Å²) in [6.07, 6.45) is 8.65. The van der Waals surface area contributed by atoms with Crippen molar-refractivity contribution in [1.29, 1.82) is 0 Å². The molecule has 0 aromatic heterocycles. The minimum atomic E-state index is -0.211. The lowest BCUT2D eigenvalue weighted by molar-refractivity contribution is -0.908. The van der Waals surface area contributed by atoms with Gasteiger partial charge in [-0.2, -0.15) is 0 Å². The Morgan fingerprint density at radius 3 is 2.89 bits per heavy atom. The van der Waals surface area contributed by atoms with E-state index in [1.807, 2.05) is 6.07 Å². The molecule has 0 saturated carbocycles. The Morgan fingerprint density at radius 2 is 2.00 bits per heavy atom. The zero-order valence-corrected chi connectivity index (χ0v) is 15.4. The first-order valence-corrected chi connectivity index (χ1v) is 9.84. The maximum Gasteiger partial charge on any atom is 0.338 e. The van der Waals surface area contributed by atoms with Crippen LogP contribution < -0.4 is 4.90 Å². The van der Waals surface area contributed by atoms with Gasteiger partial charge in [0.2, 0.25) is 0 Å². The van der Waals surface area contributed by atoms with E-state index in [9.17, 15) is 4.79 Å². The first-order chi connectivity index (χ1) is 13.3. The number of benzene rings is 2. The third-order valence-electron chi connectivity index (χ3n) is 5.93. The summed E-state index contributed by atoms with van der Waals surface area (Å²) >= 11 is 0. The lowest BCUT2D eigenvalue weighted by Gasteiger charge is -2.24. The Hall–Kier alpha value is -2.43. The second kappa shape index (κ2) is 6.95. The Kier molecular flexibility index (Phi) is 4.30. The van der Waals surface area contributed by atoms with Crippen LogP contribution in [0, 0.1) is 0 Å². The van der Waals surface area contributed by atoms with E-state index in [0.717, 1.165) is 51.1 Å². The molecule has 1 fully saturated rings. The first-order valence-electron chi connectivity index (χ1n) is 9.84. The molecule has 1 heterocycles. The largest absolute Gasteiger partial charge is 0.456 e. The van der Waals surface area contributed by atoms with E-state index in [1.165, 1.54) is 32.5 Å². The quantitative estimate of drug-likeness (QED) is 0.849. The van der Waals surface area contributed by atoms with Gasteiger partial charge in [0, 0.05) is 0 Å². The van der Waals surface area contributed by atoms with Crippen molar-refractivity contribution in [1.82, 2.24) is 0 Å². The van der Waals surface area contributed by atoms with Crippen molar-refractivity contribution in [3.63, 3.8) is 0 Å². The summed E-state index contributed by atoms with van der Waals surface area (Å²) < 4.78 is 11.0. The van der Waals surface area contributed by atoms with Crippen molar-refractivity contribution in [2.45, 2.75) is 12.8 Å². The van der Waals surface area contributed by atoms with E-state index in [2.05, 4.69) is 36.4 Å². The van der Waals surface area contributed by atoms with Gasteiger partial charge in [0.05, 0.1) is 18.8 Å². The monoisotopic (exact) mass is 362 g/mol. The molecule has 1 saturated heterocycles. The number of esters is 1. The molecule has 4 heteroatoms. The molecule has 5 rings (SSSR count). The van der Waals surface area contributed by atoms with Crippen LogP contribution in [0.25, 0.3) is 22.4 Å². The Labute approximate surface area is 159 Å². The smallest absolute Gasteiger partial charge is 0.338 e. The topological polar surface area (TPSA) is 40.0 Å². The Balaban J connectivity index is 1.42. The van der Waals surface area contributed by atoms with Gasteiger partial charge < -0.3 is 14.4 Å². The first kappa shape index (κ1) is 16.7. The summed E-state index contributed by atoms with van der Waals surface area (Å²) in [4.78, 5) is 14.2. The number of hydrogen-bond donors (Lipinski definition) is 1. The van der Waals surface area contributed by atoms with Crippen LogP contribution in [0.3, 0.4) is 0 Å². The van der Waals surface area contributed by atoms with Crippen molar-refractivity contribution in [3.05, 3.63) is 58.7 Å². The highest BCUT2D eigenvalue weighted by molar-refractivity contribution is 6.11. The third kappa shape index (κ3) is 2.99. The molecule has 3 aliphatic rings. The molecule has 0 unspecified atom stereocenters. The molecule has 0 spiro atoms. The number of rotatable bonds is 4. The Morgan fingerprint density at radius 1 is 1.11 bits per heavy atom. The highest BCUT2D eigenvalue weighted by Gasteiger charge is 2.23. The zero-order chi connectivity index (χ0) is 18.2. The second-order valence-electron chi connectivity index (χ2n) is 7.51. The van der Waals surface area contributed by atoms with E-state index in [4.69, 9.17) is 9.47 Å². The minimum absolute atomic E-state index is 0.211. The summed E-state index contributed by atoms with van der Waals surface area (Å²) in [6.45, 7) is 4.87. The fraction of sp³-hybridized carbons (Fsp3) is 0.348. The van der Waals surface area contributed by atoms with Crippen LogP contribution in [0.5, 0.6) is 0 Å². The lowest BCUT2D eigenvalue weighted by atomic mass is 9.80. The molecular weight excluding hydrogens is 338 g/mol. The van der Waals surface area contributed by atoms with Crippen molar-refractivity contribution < 1.29 is 19.2 Å². The molecule has 0 radical (unpaired) electrons. The molecule has 2 aromatic carbocycles. The van der Waals surface area contributed by atoms with E-state index in [0.29, 0.717) is 12.2 Å². The van der Waals surface area contributed by atoms with Crippen LogP contribution in [0.2, 0.25) is 0 Å². The third-order valence-corrected chi connectivity index (χ3v) is 5.93. The van der Waals surface area contributed by atoms with E-state index in [-0.39, 0.29) is 5.97 Å². The van der Waals surface area contributed by atoms with Crippen LogP contribution in [-0.2, 0) is 15.9 Å². The average molecular weight is 362 g/mol. The van der Waals surface area contributed by atoms with Crippen molar-refractivity contribution in [2.24, 2.45) is 0 Å². The average Bonchev–Trinajstić information content (AvgIpc) is 2.72. The fourth-order valence-corrected chi connectivity index (χ4v) is 4.48. The summed E-state index contributed by atoms with van der Waals surface area (Å²) in [6, 6.07) is 8.24. The molecule has 138 valence electrons. The van der Waals surface area contributed by atoms with E-state index >= 15 is 0 Å². The summed E-state index contributed by atoms with van der Waals surface area (Å²) in [5.74, 6) is -0.211. The maximum atomic E-state index is 12.8. The molecule has 27 heavy (non-hydrogen) atoms. The molecule has 1 aliphatic heterocycles. The normalized spacial score (nSPS) is 18.4. The number of hydrogen-bond acceptors (Lipinski definition) is 3. The standard InChI is InChI=1S/C23H23NO3/c25-23(27-15-12-24-10-13-26-14-11-24)20-9-7-18-5-4-16-2-1-3-17-6-8-19(20)22(18)21(16)17/h1,3-4,6-9H,2,5,10-15H2/p+1. The van der Waals surface area contributed by atoms with Crippen molar-refractivity contribution >= 4 is 28.4 Å². The second-order valence-corrected chi connectivity index (χ2v) is 7.51. The number of morpholine rings is 1. The molecule has 0 amide bonds. The van der Waals surface area contributed by atoms with Crippen molar-refractivity contribution in [3.8, 4) is 0 Å². The number of ether oxygens (including phenoxy) is 2. The van der Waals surface area contributed by atoms with Gasteiger partial charge in [-0.1, -0.05) is 36.4 Å². The molecule has 2 aliphatic carbocycles. The van der Waals surface area contributed by atoms with Crippen LogP contribution >= 0.6 is 0 Å².